The second-order valence-electron chi connectivity index (χ2n) is 9.24. The molecule has 2 aliphatic rings. The summed E-state index contributed by atoms with van der Waals surface area (Å²) in [4.78, 5) is 29.8. The first kappa shape index (κ1) is 20.1. The summed E-state index contributed by atoms with van der Waals surface area (Å²) in [6, 6.07) is 7.68. The monoisotopic (exact) mass is 397 g/mol. The number of hydrogen-bond donors (Lipinski definition) is 1. The molecular formula is C23H31N3O3. The molecular weight excluding hydrogens is 366 g/mol. The molecule has 1 aliphatic heterocycles. The summed E-state index contributed by atoms with van der Waals surface area (Å²) in [6.45, 7) is 5.55. The van der Waals surface area contributed by atoms with E-state index < -0.39 is 0 Å². The molecule has 1 aromatic heterocycles. The summed E-state index contributed by atoms with van der Waals surface area (Å²) in [5.41, 5.74) is 0.609. The lowest BCUT2D eigenvalue weighted by Crippen LogP contribution is -2.47. The third-order valence-electron chi connectivity index (χ3n) is 6.45. The largest absolute Gasteiger partial charge is 0.375 e. The molecule has 6 heteroatoms. The van der Waals surface area contributed by atoms with Crippen LogP contribution in [0.3, 0.4) is 0 Å². The van der Waals surface area contributed by atoms with E-state index in [1.165, 1.54) is 0 Å². The van der Waals surface area contributed by atoms with Crippen molar-refractivity contribution in [2.24, 2.45) is 11.8 Å². The van der Waals surface area contributed by atoms with Crippen LogP contribution < -0.4 is 10.9 Å². The van der Waals surface area contributed by atoms with Crippen LogP contribution >= 0.6 is 0 Å². The van der Waals surface area contributed by atoms with Gasteiger partial charge in [-0.05, 0) is 70.4 Å². The van der Waals surface area contributed by atoms with Crippen LogP contribution in [-0.2, 0) is 16.1 Å². The average molecular weight is 398 g/mol. The fourth-order valence-corrected chi connectivity index (χ4v) is 4.80. The maximum absolute atomic E-state index is 12.7. The van der Waals surface area contributed by atoms with E-state index in [2.05, 4.69) is 24.1 Å². The summed E-state index contributed by atoms with van der Waals surface area (Å²) < 4.78 is 7.48. The van der Waals surface area contributed by atoms with E-state index in [1.807, 2.05) is 24.3 Å². The van der Waals surface area contributed by atoms with Crippen molar-refractivity contribution >= 4 is 16.8 Å². The third-order valence-corrected chi connectivity index (χ3v) is 6.45. The molecule has 2 aromatic rings. The SMILES string of the molecule is CC1(C)C[C@@H](NC(=O)C2CCC(Cn3cnc4ccccc4c3=O)CC2)CCO1. The molecule has 6 nitrogen and oxygen atoms in total. The van der Waals surface area contributed by atoms with Crippen LogP contribution in [0.1, 0.15) is 52.4 Å². The summed E-state index contributed by atoms with van der Waals surface area (Å²) in [5.74, 6) is 0.695. The first-order chi connectivity index (χ1) is 13.9. The topological polar surface area (TPSA) is 73.2 Å². The number of nitrogens with one attached hydrogen (secondary N) is 1. The van der Waals surface area contributed by atoms with Crippen molar-refractivity contribution in [2.45, 2.75) is 70.6 Å². The van der Waals surface area contributed by atoms with Gasteiger partial charge in [0.25, 0.3) is 5.56 Å². The highest BCUT2D eigenvalue weighted by molar-refractivity contribution is 5.79. The Morgan fingerprint density at radius 2 is 1.97 bits per heavy atom. The molecule has 29 heavy (non-hydrogen) atoms. The normalized spacial score (nSPS) is 26.9. The molecule has 2 heterocycles. The van der Waals surface area contributed by atoms with E-state index in [1.54, 1.807) is 10.9 Å². The Bertz CT molecular complexity index is 928. The Hall–Kier alpha value is -2.21. The summed E-state index contributed by atoms with van der Waals surface area (Å²) in [7, 11) is 0. The van der Waals surface area contributed by atoms with E-state index in [-0.39, 0.29) is 29.0 Å². The second kappa shape index (κ2) is 8.27. The van der Waals surface area contributed by atoms with Crippen molar-refractivity contribution in [3.63, 3.8) is 0 Å². The predicted octanol–water partition coefficient (Wildman–Crippen LogP) is 3.28. The highest BCUT2D eigenvalue weighted by Crippen LogP contribution is 2.31. The Balaban J connectivity index is 1.31. The first-order valence-corrected chi connectivity index (χ1v) is 10.8. The standard InChI is InChI=1S/C23H31N3O3/c1-23(2)13-18(11-12-29-23)25-21(27)17-9-7-16(8-10-17)14-26-15-24-20-6-4-3-5-19(20)22(26)28/h3-6,15-18H,7-14H2,1-2H3,(H,25,27)/t16?,17?,18-/m0/s1. The van der Waals surface area contributed by atoms with E-state index in [0.29, 0.717) is 24.5 Å². The van der Waals surface area contributed by atoms with Gasteiger partial charge in [-0.25, -0.2) is 4.98 Å². The summed E-state index contributed by atoms with van der Waals surface area (Å²) in [5, 5.41) is 3.92. The Kier molecular flexibility index (Phi) is 5.72. The number of rotatable bonds is 4. The molecule has 1 aliphatic carbocycles. The van der Waals surface area contributed by atoms with Gasteiger partial charge in [0.2, 0.25) is 5.91 Å². The molecule has 1 saturated heterocycles. The fraction of sp³-hybridized carbons (Fsp3) is 0.609. The van der Waals surface area contributed by atoms with Crippen LogP contribution in [0.15, 0.2) is 35.4 Å². The highest BCUT2D eigenvalue weighted by atomic mass is 16.5. The van der Waals surface area contributed by atoms with Crippen molar-refractivity contribution < 1.29 is 9.53 Å². The number of carbonyl (C=O) groups is 1. The van der Waals surface area contributed by atoms with Crippen molar-refractivity contribution in [1.82, 2.24) is 14.9 Å². The summed E-state index contributed by atoms with van der Waals surface area (Å²) in [6.07, 6.45) is 7.13. The van der Waals surface area contributed by atoms with Gasteiger partial charge in [-0.3, -0.25) is 14.2 Å². The van der Waals surface area contributed by atoms with Crippen LogP contribution in [0.5, 0.6) is 0 Å². The minimum Gasteiger partial charge on any atom is -0.375 e. The van der Waals surface area contributed by atoms with Gasteiger partial charge < -0.3 is 10.1 Å². The molecule has 156 valence electrons. The van der Waals surface area contributed by atoms with E-state index in [9.17, 15) is 9.59 Å². The summed E-state index contributed by atoms with van der Waals surface area (Å²) >= 11 is 0. The maximum Gasteiger partial charge on any atom is 0.261 e. The lowest BCUT2D eigenvalue weighted by atomic mass is 9.81. The zero-order valence-electron chi connectivity index (χ0n) is 17.4. The van der Waals surface area contributed by atoms with Gasteiger partial charge in [-0.15, -0.1) is 0 Å². The van der Waals surface area contributed by atoms with E-state index in [0.717, 1.165) is 44.0 Å². The van der Waals surface area contributed by atoms with E-state index >= 15 is 0 Å². The number of aromatic nitrogens is 2. The van der Waals surface area contributed by atoms with E-state index in [4.69, 9.17) is 4.74 Å². The van der Waals surface area contributed by atoms with Gasteiger partial charge >= 0.3 is 0 Å². The quantitative estimate of drug-likeness (QED) is 0.859. The zero-order valence-corrected chi connectivity index (χ0v) is 17.4. The number of hydrogen-bond acceptors (Lipinski definition) is 4. The molecule has 1 aromatic carbocycles. The molecule has 1 amide bonds. The van der Waals surface area contributed by atoms with Gasteiger partial charge in [-0.1, -0.05) is 12.1 Å². The van der Waals surface area contributed by atoms with Gasteiger partial charge in [0.05, 0.1) is 22.8 Å². The number of benzene rings is 1. The number of carbonyl (C=O) groups excluding carboxylic acids is 1. The lowest BCUT2D eigenvalue weighted by Gasteiger charge is -2.37. The number of amides is 1. The van der Waals surface area contributed by atoms with Crippen molar-refractivity contribution in [3.8, 4) is 0 Å². The molecule has 0 radical (unpaired) electrons. The Morgan fingerprint density at radius 1 is 1.21 bits per heavy atom. The highest BCUT2D eigenvalue weighted by Gasteiger charge is 2.32. The van der Waals surface area contributed by atoms with Gasteiger partial charge in [0.1, 0.15) is 0 Å². The zero-order chi connectivity index (χ0) is 20.4. The van der Waals surface area contributed by atoms with Crippen molar-refractivity contribution in [1.29, 1.82) is 0 Å². The van der Waals surface area contributed by atoms with Crippen LogP contribution in [0.25, 0.3) is 10.9 Å². The van der Waals surface area contributed by atoms with Crippen LogP contribution in [-0.4, -0.2) is 33.7 Å². The molecule has 0 spiro atoms. The van der Waals surface area contributed by atoms with Crippen molar-refractivity contribution in [2.75, 3.05) is 6.61 Å². The van der Waals surface area contributed by atoms with Crippen molar-refractivity contribution in [3.05, 3.63) is 40.9 Å². The van der Waals surface area contributed by atoms with Crippen LogP contribution in [0, 0.1) is 11.8 Å². The molecule has 1 saturated carbocycles. The molecule has 4 rings (SSSR count). The number of para-hydroxylation sites is 1. The lowest BCUT2D eigenvalue weighted by molar-refractivity contribution is -0.129. The number of fused-ring (bicyclic) bond motifs is 1. The maximum atomic E-state index is 12.7. The number of nitrogens with zero attached hydrogens (tertiary/aromatic N) is 2. The average Bonchev–Trinajstić information content (AvgIpc) is 2.70. The van der Waals surface area contributed by atoms with Crippen LogP contribution in [0.4, 0.5) is 0 Å². The number of ether oxygens (including phenoxy) is 1. The molecule has 2 fully saturated rings. The van der Waals surface area contributed by atoms with Crippen LogP contribution in [0.2, 0.25) is 0 Å². The second-order valence-corrected chi connectivity index (χ2v) is 9.24. The molecule has 1 atom stereocenters. The first-order valence-electron chi connectivity index (χ1n) is 10.8. The fourth-order valence-electron chi connectivity index (χ4n) is 4.80. The van der Waals surface area contributed by atoms with Gasteiger partial charge in [-0.2, -0.15) is 0 Å². The predicted molar refractivity (Wildman–Crippen MR) is 113 cm³/mol. The Labute approximate surface area is 171 Å². The Morgan fingerprint density at radius 3 is 2.72 bits per heavy atom. The molecule has 1 N–H and O–H groups in total. The third kappa shape index (κ3) is 4.69. The van der Waals surface area contributed by atoms with Gasteiger partial charge in [0.15, 0.2) is 0 Å². The smallest absolute Gasteiger partial charge is 0.261 e. The van der Waals surface area contributed by atoms with Gasteiger partial charge in [0, 0.05) is 25.1 Å². The minimum atomic E-state index is -0.158. The molecule has 0 unspecified atom stereocenters. The minimum absolute atomic E-state index is 0.0256. The molecule has 0 bridgehead atoms.